The van der Waals surface area contributed by atoms with Gasteiger partial charge in [-0.15, -0.1) is 0 Å². The second kappa shape index (κ2) is 11.5. The van der Waals surface area contributed by atoms with Crippen LogP contribution in [0.15, 0.2) is 59.5 Å². The van der Waals surface area contributed by atoms with Gasteiger partial charge in [-0.2, -0.15) is 0 Å². The Kier molecular flexibility index (Phi) is 8.25. The average Bonchev–Trinajstić information content (AvgIpc) is 3.36. The predicted octanol–water partition coefficient (Wildman–Crippen LogP) is 3.96. The minimum Gasteiger partial charge on any atom is -0.496 e. The number of oxazole rings is 1. The van der Waals surface area contributed by atoms with E-state index in [2.05, 4.69) is 20.9 Å². The van der Waals surface area contributed by atoms with Crippen molar-refractivity contribution in [3.63, 3.8) is 0 Å². The number of benzene rings is 2. The average molecular weight is 453 g/mol. The standard InChI is InChI=1S/C23H27N5O5/c1-3-18(11-24)33-23(30)26-12-15-5-4-6-16(9-15)27-22(29)28-17-7-8-19(20(10-17)31-2)21-13-25-14-32-21/h4-10,13-14,18H,3,11-12,24H2,1-2H3,(H,26,30)(H2,27,28,29)/t18-/m0/s1. The number of ether oxygens (including phenoxy) is 2. The number of nitrogens with one attached hydrogen (secondary N) is 3. The van der Waals surface area contributed by atoms with Crippen molar-refractivity contribution in [1.29, 1.82) is 0 Å². The molecule has 10 nitrogen and oxygen atoms in total. The fourth-order valence-electron chi connectivity index (χ4n) is 3.04. The zero-order valence-corrected chi connectivity index (χ0v) is 18.5. The van der Waals surface area contributed by atoms with E-state index in [-0.39, 0.29) is 19.2 Å². The Balaban J connectivity index is 1.57. The van der Waals surface area contributed by atoms with Gasteiger partial charge in [0.05, 0.1) is 18.9 Å². The number of methoxy groups -OCH3 is 1. The molecule has 0 aliphatic heterocycles. The monoisotopic (exact) mass is 453 g/mol. The van der Waals surface area contributed by atoms with Crippen molar-refractivity contribution >= 4 is 23.5 Å². The first-order valence-corrected chi connectivity index (χ1v) is 10.4. The minimum atomic E-state index is -0.536. The van der Waals surface area contributed by atoms with Crippen molar-refractivity contribution in [2.75, 3.05) is 24.3 Å². The van der Waals surface area contributed by atoms with Gasteiger partial charge in [-0.1, -0.05) is 19.1 Å². The molecule has 3 rings (SSSR count). The lowest BCUT2D eigenvalue weighted by atomic mass is 10.1. The molecular weight excluding hydrogens is 426 g/mol. The van der Waals surface area contributed by atoms with Crippen LogP contribution in [0.2, 0.25) is 0 Å². The molecule has 1 atom stereocenters. The summed E-state index contributed by atoms with van der Waals surface area (Å²) in [5.41, 5.74) is 8.16. The summed E-state index contributed by atoms with van der Waals surface area (Å²) in [6.07, 6.45) is 2.71. The van der Waals surface area contributed by atoms with Crippen molar-refractivity contribution in [3.8, 4) is 17.1 Å². The Morgan fingerprint density at radius 1 is 1.15 bits per heavy atom. The lowest BCUT2D eigenvalue weighted by molar-refractivity contribution is 0.0989. The van der Waals surface area contributed by atoms with E-state index in [9.17, 15) is 9.59 Å². The number of amides is 3. The van der Waals surface area contributed by atoms with Gasteiger partial charge in [0, 0.05) is 30.5 Å². The highest BCUT2D eigenvalue weighted by atomic mass is 16.6. The topological polar surface area (TPSA) is 141 Å². The minimum absolute atomic E-state index is 0.247. The third kappa shape index (κ3) is 6.71. The quantitative estimate of drug-likeness (QED) is 0.384. The summed E-state index contributed by atoms with van der Waals surface area (Å²) in [4.78, 5) is 28.2. The van der Waals surface area contributed by atoms with Crippen LogP contribution in [0, 0.1) is 0 Å². The molecule has 0 fully saturated rings. The van der Waals surface area contributed by atoms with Crippen molar-refractivity contribution in [3.05, 3.63) is 60.6 Å². The molecular formula is C23H27N5O5. The number of urea groups is 1. The van der Waals surface area contributed by atoms with Gasteiger partial charge >= 0.3 is 12.1 Å². The number of carbonyl (C=O) groups is 2. The Hall–Kier alpha value is -4.05. The van der Waals surface area contributed by atoms with Gasteiger partial charge < -0.3 is 35.6 Å². The fraction of sp³-hybridized carbons (Fsp3) is 0.261. The zero-order valence-electron chi connectivity index (χ0n) is 18.5. The normalized spacial score (nSPS) is 11.4. The molecule has 2 aromatic carbocycles. The molecule has 1 aromatic heterocycles. The van der Waals surface area contributed by atoms with Crippen molar-refractivity contribution in [1.82, 2.24) is 10.3 Å². The zero-order chi connectivity index (χ0) is 23.6. The summed E-state index contributed by atoms with van der Waals surface area (Å²) < 4.78 is 15.9. The lowest BCUT2D eigenvalue weighted by Gasteiger charge is -2.15. The summed E-state index contributed by atoms with van der Waals surface area (Å²) in [5.74, 6) is 1.09. The Morgan fingerprint density at radius 2 is 1.94 bits per heavy atom. The van der Waals surface area contributed by atoms with E-state index in [0.717, 1.165) is 11.1 Å². The first-order valence-electron chi connectivity index (χ1n) is 10.4. The van der Waals surface area contributed by atoms with Gasteiger partial charge in [0.15, 0.2) is 12.2 Å². The van der Waals surface area contributed by atoms with Crippen LogP contribution >= 0.6 is 0 Å². The van der Waals surface area contributed by atoms with Gasteiger partial charge in [0.2, 0.25) is 0 Å². The van der Waals surface area contributed by atoms with Gasteiger partial charge in [0.25, 0.3) is 0 Å². The van der Waals surface area contributed by atoms with E-state index < -0.39 is 12.1 Å². The van der Waals surface area contributed by atoms with Crippen LogP contribution in [0.3, 0.4) is 0 Å². The molecule has 0 bridgehead atoms. The first-order chi connectivity index (χ1) is 16.0. The van der Waals surface area contributed by atoms with Crippen LogP contribution in [0.4, 0.5) is 21.0 Å². The molecule has 0 saturated heterocycles. The fourth-order valence-corrected chi connectivity index (χ4v) is 3.04. The summed E-state index contributed by atoms with van der Waals surface area (Å²) in [5, 5.41) is 8.21. The largest absolute Gasteiger partial charge is 0.496 e. The second-order valence-corrected chi connectivity index (χ2v) is 7.09. The Morgan fingerprint density at radius 3 is 2.61 bits per heavy atom. The van der Waals surface area contributed by atoms with Crippen LogP contribution in [0.25, 0.3) is 11.3 Å². The molecule has 0 saturated carbocycles. The Bertz CT molecular complexity index is 1070. The first kappa shape index (κ1) is 23.6. The highest BCUT2D eigenvalue weighted by Crippen LogP contribution is 2.32. The van der Waals surface area contributed by atoms with E-state index in [1.165, 1.54) is 13.5 Å². The number of carbonyl (C=O) groups excluding carboxylic acids is 2. The maximum absolute atomic E-state index is 12.5. The van der Waals surface area contributed by atoms with E-state index in [4.69, 9.17) is 19.6 Å². The van der Waals surface area contributed by atoms with Gasteiger partial charge in [0.1, 0.15) is 11.9 Å². The van der Waals surface area contributed by atoms with E-state index >= 15 is 0 Å². The van der Waals surface area contributed by atoms with Crippen LogP contribution < -0.4 is 26.4 Å². The molecule has 3 amide bonds. The second-order valence-electron chi connectivity index (χ2n) is 7.09. The maximum Gasteiger partial charge on any atom is 0.407 e. The number of aromatic nitrogens is 1. The summed E-state index contributed by atoms with van der Waals surface area (Å²) in [6, 6.07) is 11.9. The number of hydrogen-bond acceptors (Lipinski definition) is 7. The molecule has 0 radical (unpaired) electrons. The molecule has 174 valence electrons. The third-order valence-electron chi connectivity index (χ3n) is 4.77. The Labute approximate surface area is 191 Å². The molecule has 10 heteroatoms. The molecule has 3 aromatic rings. The van der Waals surface area contributed by atoms with E-state index in [1.807, 2.05) is 13.0 Å². The van der Waals surface area contributed by atoms with Crippen molar-refractivity contribution in [2.45, 2.75) is 26.0 Å². The highest BCUT2D eigenvalue weighted by Gasteiger charge is 2.12. The maximum atomic E-state index is 12.5. The van der Waals surface area contributed by atoms with Crippen molar-refractivity contribution in [2.24, 2.45) is 5.73 Å². The van der Waals surface area contributed by atoms with Gasteiger partial charge in [-0.3, -0.25) is 0 Å². The number of nitrogens with two attached hydrogens (primary N) is 1. The molecule has 0 aliphatic carbocycles. The SMILES string of the molecule is CC[C@@H](CN)OC(=O)NCc1cccc(NC(=O)Nc2ccc(-c3cnco3)c(OC)c2)c1. The van der Waals surface area contributed by atoms with Crippen LogP contribution in [-0.4, -0.2) is 36.9 Å². The number of rotatable bonds is 9. The molecule has 33 heavy (non-hydrogen) atoms. The highest BCUT2D eigenvalue weighted by molar-refractivity contribution is 6.00. The van der Waals surface area contributed by atoms with Gasteiger partial charge in [-0.25, -0.2) is 14.6 Å². The number of anilines is 2. The third-order valence-corrected chi connectivity index (χ3v) is 4.77. The summed E-state index contributed by atoms with van der Waals surface area (Å²) in [6.45, 7) is 2.41. The molecule has 0 spiro atoms. The molecule has 0 aliphatic rings. The lowest BCUT2D eigenvalue weighted by Crippen LogP contribution is -2.32. The van der Waals surface area contributed by atoms with E-state index in [0.29, 0.717) is 29.3 Å². The number of nitrogens with zero attached hydrogens (tertiary/aromatic N) is 1. The van der Waals surface area contributed by atoms with Crippen LogP contribution in [0.1, 0.15) is 18.9 Å². The summed E-state index contributed by atoms with van der Waals surface area (Å²) in [7, 11) is 1.53. The van der Waals surface area contributed by atoms with Gasteiger partial charge in [-0.05, 0) is 36.2 Å². The van der Waals surface area contributed by atoms with Crippen LogP contribution in [0.5, 0.6) is 5.75 Å². The molecule has 1 heterocycles. The summed E-state index contributed by atoms with van der Waals surface area (Å²) >= 11 is 0. The molecule has 0 unspecified atom stereocenters. The predicted molar refractivity (Wildman–Crippen MR) is 124 cm³/mol. The number of hydrogen-bond donors (Lipinski definition) is 4. The van der Waals surface area contributed by atoms with E-state index in [1.54, 1.807) is 42.6 Å². The number of alkyl carbamates (subject to hydrolysis) is 1. The molecule has 5 N–H and O–H groups in total. The van der Waals surface area contributed by atoms with Crippen LogP contribution in [-0.2, 0) is 11.3 Å². The van der Waals surface area contributed by atoms with Crippen molar-refractivity contribution < 1.29 is 23.5 Å². The smallest absolute Gasteiger partial charge is 0.407 e.